The van der Waals surface area contributed by atoms with E-state index in [1.807, 2.05) is 30.3 Å². The van der Waals surface area contributed by atoms with E-state index in [0.29, 0.717) is 0 Å². The third-order valence-corrected chi connectivity index (χ3v) is 3.57. The molecule has 1 fully saturated rings. The maximum atomic E-state index is 12.3. The highest BCUT2D eigenvalue weighted by atomic mass is 35.5. The molecule has 1 saturated heterocycles. The molecule has 0 bridgehead atoms. The Bertz CT molecular complexity index is 461. The number of benzene rings is 1. The van der Waals surface area contributed by atoms with E-state index in [-0.39, 0.29) is 24.2 Å². The van der Waals surface area contributed by atoms with Crippen LogP contribution in [-0.2, 0) is 14.3 Å². The first-order chi connectivity index (χ1) is 9.72. The summed E-state index contributed by atoms with van der Waals surface area (Å²) in [5.74, 6) is -0.559. The second-order valence-corrected chi connectivity index (χ2v) is 4.90. The van der Waals surface area contributed by atoms with Crippen molar-refractivity contribution in [3.8, 4) is 0 Å². The zero-order valence-electron chi connectivity index (χ0n) is 12.0. The Morgan fingerprint density at radius 2 is 1.86 bits per heavy atom. The van der Waals surface area contributed by atoms with Crippen LogP contribution in [0.3, 0.4) is 0 Å². The van der Waals surface area contributed by atoms with Gasteiger partial charge in [0.15, 0.2) is 6.04 Å². The molecule has 21 heavy (non-hydrogen) atoms. The lowest BCUT2D eigenvalue weighted by Crippen LogP contribution is -2.42. The van der Waals surface area contributed by atoms with Crippen molar-refractivity contribution in [1.29, 1.82) is 0 Å². The zero-order chi connectivity index (χ0) is 14.4. The molecule has 0 radical (unpaired) electrons. The van der Waals surface area contributed by atoms with Crippen molar-refractivity contribution >= 4 is 24.3 Å². The van der Waals surface area contributed by atoms with Crippen LogP contribution in [0.25, 0.3) is 0 Å². The number of methoxy groups -OCH3 is 1. The molecule has 1 aliphatic heterocycles. The number of halogens is 1. The Kier molecular flexibility index (Phi) is 7.19. The number of nitrogens with one attached hydrogen (secondary N) is 2. The van der Waals surface area contributed by atoms with Crippen molar-refractivity contribution in [3.05, 3.63) is 35.9 Å². The maximum absolute atomic E-state index is 12.3. The van der Waals surface area contributed by atoms with Crippen molar-refractivity contribution in [2.24, 2.45) is 5.92 Å². The molecular formula is C15H21ClN2O3. The largest absolute Gasteiger partial charge is 0.467 e. The standard InChI is InChI=1S/C15H20N2O3.ClH/c1-20-15(19)13(11-5-3-2-4-6-11)17-14(18)12-7-9-16-10-8-12;/h2-6,12-13,16H,7-10H2,1H3,(H,17,18);1H. The smallest absolute Gasteiger partial charge is 0.333 e. The Balaban J connectivity index is 0.00000220. The van der Waals surface area contributed by atoms with Crippen LogP contribution in [0, 0.1) is 5.92 Å². The van der Waals surface area contributed by atoms with Gasteiger partial charge in [-0.3, -0.25) is 4.79 Å². The number of amides is 1. The molecule has 1 amide bonds. The molecule has 116 valence electrons. The quantitative estimate of drug-likeness (QED) is 0.826. The van der Waals surface area contributed by atoms with Crippen LogP contribution in [-0.4, -0.2) is 32.1 Å². The van der Waals surface area contributed by atoms with Crippen LogP contribution in [0.2, 0.25) is 0 Å². The van der Waals surface area contributed by atoms with Crippen molar-refractivity contribution in [2.45, 2.75) is 18.9 Å². The monoisotopic (exact) mass is 312 g/mol. The summed E-state index contributed by atoms with van der Waals surface area (Å²) in [7, 11) is 1.33. The summed E-state index contributed by atoms with van der Waals surface area (Å²) in [6.45, 7) is 1.68. The number of ether oxygens (including phenoxy) is 1. The molecular weight excluding hydrogens is 292 g/mol. The molecule has 1 unspecified atom stereocenters. The summed E-state index contributed by atoms with van der Waals surface area (Å²) in [5.41, 5.74) is 0.738. The highest BCUT2D eigenvalue weighted by Gasteiger charge is 2.28. The highest BCUT2D eigenvalue weighted by Crippen LogP contribution is 2.18. The lowest BCUT2D eigenvalue weighted by molar-refractivity contribution is -0.146. The first-order valence-corrected chi connectivity index (χ1v) is 6.86. The summed E-state index contributed by atoms with van der Waals surface area (Å²) < 4.78 is 4.79. The van der Waals surface area contributed by atoms with Crippen LogP contribution in [0.5, 0.6) is 0 Å². The van der Waals surface area contributed by atoms with Gasteiger partial charge in [0.2, 0.25) is 5.91 Å². The second-order valence-electron chi connectivity index (χ2n) is 4.90. The average Bonchev–Trinajstić information content (AvgIpc) is 2.53. The molecule has 1 aromatic rings. The predicted molar refractivity (Wildman–Crippen MR) is 82.2 cm³/mol. The van der Waals surface area contributed by atoms with E-state index in [9.17, 15) is 9.59 Å². The molecule has 5 nitrogen and oxygen atoms in total. The molecule has 1 aliphatic rings. The van der Waals surface area contributed by atoms with Gasteiger partial charge in [0.1, 0.15) is 0 Å². The van der Waals surface area contributed by atoms with Crippen LogP contribution >= 0.6 is 12.4 Å². The minimum atomic E-state index is -0.733. The van der Waals surface area contributed by atoms with Gasteiger partial charge in [0, 0.05) is 5.92 Å². The zero-order valence-corrected chi connectivity index (χ0v) is 12.8. The van der Waals surface area contributed by atoms with Gasteiger partial charge in [-0.25, -0.2) is 4.79 Å². The fraction of sp³-hybridized carbons (Fsp3) is 0.467. The number of piperidine rings is 1. The molecule has 0 aromatic heterocycles. The van der Waals surface area contributed by atoms with Crippen LogP contribution in [0.15, 0.2) is 30.3 Å². The van der Waals surface area contributed by atoms with Gasteiger partial charge in [-0.15, -0.1) is 12.4 Å². The number of hydrogen-bond acceptors (Lipinski definition) is 4. The summed E-state index contributed by atoms with van der Waals surface area (Å²) in [6.07, 6.45) is 1.60. The minimum Gasteiger partial charge on any atom is -0.467 e. The third kappa shape index (κ3) is 4.72. The molecule has 6 heteroatoms. The summed E-state index contributed by atoms with van der Waals surface area (Å²) in [6, 6.07) is 8.42. The third-order valence-electron chi connectivity index (χ3n) is 3.57. The van der Waals surface area contributed by atoms with Gasteiger partial charge in [-0.05, 0) is 31.5 Å². The Labute approximate surface area is 130 Å². The van der Waals surface area contributed by atoms with E-state index in [2.05, 4.69) is 10.6 Å². The molecule has 2 rings (SSSR count). The van der Waals surface area contributed by atoms with E-state index in [1.165, 1.54) is 7.11 Å². The predicted octanol–water partition coefficient (Wildman–Crippen LogP) is 1.44. The van der Waals surface area contributed by atoms with Crippen molar-refractivity contribution in [3.63, 3.8) is 0 Å². The fourth-order valence-electron chi connectivity index (χ4n) is 2.39. The average molecular weight is 313 g/mol. The lowest BCUT2D eigenvalue weighted by Gasteiger charge is -2.24. The van der Waals surface area contributed by atoms with Crippen molar-refractivity contribution in [2.75, 3.05) is 20.2 Å². The molecule has 1 atom stereocenters. The minimum absolute atomic E-state index is 0. The lowest BCUT2D eigenvalue weighted by atomic mass is 9.96. The van der Waals surface area contributed by atoms with Crippen LogP contribution in [0.4, 0.5) is 0 Å². The normalized spacial score (nSPS) is 16.4. The second kappa shape index (κ2) is 8.64. The number of esters is 1. The van der Waals surface area contributed by atoms with Gasteiger partial charge < -0.3 is 15.4 Å². The van der Waals surface area contributed by atoms with Crippen LogP contribution in [0.1, 0.15) is 24.4 Å². The van der Waals surface area contributed by atoms with E-state index < -0.39 is 12.0 Å². The molecule has 1 aromatic carbocycles. The molecule has 0 saturated carbocycles. The number of hydrogen-bond donors (Lipinski definition) is 2. The highest BCUT2D eigenvalue weighted by molar-refractivity contribution is 5.86. The van der Waals surface area contributed by atoms with Gasteiger partial charge in [0.25, 0.3) is 0 Å². The van der Waals surface area contributed by atoms with Crippen molar-refractivity contribution in [1.82, 2.24) is 10.6 Å². The van der Waals surface area contributed by atoms with E-state index in [0.717, 1.165) is 31.5 Å². The first kappa shape index (κ1) is 17.5. The topological polar surface area (TPSA) is 67.4 Å². The molecule has 1 heterocycles. The van der Waals surface area contributed by atoms with Gasteiger partial charge in [-0.1, -0.05) is 30.3 Å². The number of carbonyl (C=O) groups excluding carboxylic acids is 2. The SMILES string of the molecule is COC(=O)C(NC(=O)C1CCNCC1)c1ccccc1.Cl. The summed E-state index contributed by atoms with van der Waals surface area (Å²) >= 11 is 0. The fourth-order valence-corrected chi connectivity index (χ4v) is 2.39. The summed E-state index contributed by atoms with van der Waals surface area (Å²) in [5, 5.41) is 6.03. The number of carbonyl (C=O) groups is 2. The van der Waals surface area contributed by atoms with E-state index in [1.54, 1.807) is 0 Å². The van der Waals surface area contributed by atoms with Crippen molar-refractivity contribution < 1.29 is 14.3 Å². The molecule has 0 spiro atoms. The number of rotatable bonds is 4. The Morgan fingerprint density at radius 3 is 2.43 bits per heavy atom. The molecule has 0 aliphatic carbocycles. The van der Waals surface area contributed by atoms with E-state index in [4.69, 9.17) is 4.74 Å². The summed E-state index contributed by atoms with van der Waals surface area (Å²) in [4.78, 5) is 24.1. The Morgan fingerprint density at radius 1 is 1.24 bits per heavy atom. The van der Waals surface area contributed by atoms with Gasteiger partial charge in [0.05, 0.1) is 7.11 Å². The van der Waals surface area contributed by atoms with E-state index >= 15 is 0 Å². The maximum Gasteiger partial charge on any atom is 0.333 e. The van der Waals surface area contributed by atoms with Gasteiger partial charge in [-0.2, -0.15) is 0 Å². The Hall–Kier alpha value is -1.59. The van der Waals surface area contributed by atoms with Crippen LogP contribution < -0.4 is 10.6 Å². The first-order valence-electron chi connectivity index (χ1n) is 6.86. The van der Waals surface area contributed by atoms with Gasteiger partial charge >= 0.3 is 5.97 Å². The molecule has 2 N–H and O–H groups in total.